The fraction of sp³-hybridized carbons (Fsp3) is 0.440. The monoisotopic (exact) mass is 960 g/mol. The zero-order valence-corrected chi connectivity index (χ0v) is 40.8. The first kappa shape index (κ1) is 49.0. The van der Waals surface area contributed by atoms with Crippen LogP contribution in [-0.4, -0.2) is 124 Å². The van der Waals surface area contributed by atoms with E-state index in [2.05, 4.69) is 30.9 Å². The molecule has 18 nitrogen and oxygen atoms in total. The molecule has 0 saturated carbocycles. The normalized spacial score (nSPS) is 18.4. The molecular weight excluding hydrogens is 900 g/mol. The molecule has 4 saturated heterocycles. The number of carbonyl (C=O) groups excluding carboxylic acids is 4. The van der Waals surface area contributed by atoms with E-state index < -0.39 is 0 Å². The maximum absolute atomic E-state index is 13.7. The van der Waals surface area contributed by atoms with Gasteiger partial charge in [0, 0.05) is 88.8 Å². The number of hydrogen-bond acceptors (Lipinski definition) is 12. The maximum atomic E-state index is 13.7. The molecule has 19 heteroatoms. The number of halogens is 1. The SMILES string of the molecule is CC(=O)Nc1ccc(C)cc1C(=O)N1CCCC[C@H]1c1cc2nc(Cl)c(C)cn2n1.CC(=O)Nc1ccc(C)cc1C(=O)N1CCCC[C@H]1c1cc2nc(N3CC(O)C3)c(C)cn2n1.OC1CNC1. The highest BCUT2D eigenvalue weighted by atomic mass is 35.5. The first-order chi connectivity index (χ1) is 33.0. The highest BCUT2D eigenvalue weighted by Crippen LogP contribution is 2.36. The van der Waals surface area contributed by atoms with Gasteiger partial charge in [0.1, 0.15) is 11.0 Å². The number of aryl methyl sites for hydroxylation is 4. The molecule has 4 aromatic heterocycles. The summed E-state index contributed by atoms with van der Waals surface area (Å²) in [5.74, 6) is 0.239. The summed E-state index contributed by atoms with van der Waals surface area (Å²) < 4.78 is 3.49. The van der Waals surface area contributed by atoms with Gasteiger partial charge in [-0.05, 0) is 90.5 Å². The van der Waals surface area contributed by atoms with Crippen LogP contribution in [0.15, 0.2) is 60.9 Å². The van der Waals surface area contributed by atoms with Gasteiger partial charge < -0.3 is 40.9 Å². The van der Waals surface area contributed by atoms with E-state index in [4.69, 9.17) is 26.8 Å². The molecule has 6 aromatic rings. The van der Waals surface area contributed by atoms with Gasteiger partial charge in [0.2, 0.25) is 11.8 Å². The molecule has 10 rings (SSSR count). The molecule has 0 unspecified atom stereocenters. The van der Waals surface area contributed by atoms with Crippen molar-refractivity contribution in [2.24, 2.45) is 0 Å². The molecule has 2 atom stereocenters. The Bertz CT molecular complexity index is 2850. The smallest absolute Gasteiger partial charge is 0.256 e. The lowest BCUT2D eigenvalue weighted by atomic mass is 9.97. The van der Waals surface area contributed by atoms with Crippen LogP contribution in [0.5, 0.6) is 0 Å². The second-order valence-corrected chi connectivity index (χ2v) is 18.9. The second kappa shape index (κ2) is 21.0. The Labute approximate surface area is 406 Å². The van der Waals surface area contributed by atoms with Gasteiger partial charge in [-0.3, -0.25) is 19.2 Å². The second-order valence-electron chi connectivity index (χ2n) is 18.6. The van der Waals surface area contributed by atoms with Crippen molar-refractivity contribution in [2.75, 3.05) is 54.8 Å². The molecule has 364 valence electrons. The van der Waals surface area contributed by atoms with Crippen molar-refractivity contribution in [2.45, 2.75) is 104 Å². The Morgan fingerprint density at radius 1 is 0.652 bits per heavy atom. The van der Waals surface area contributed by atoms with Gasteiger partial charge in [-0.25, -0.2) is 19.0 Å². The largest absolute Gasteiger partial charge is 0.390 e. The van der Waals surface area contributed by atoms with E-state index in [1.807, 2.05) is 86.3 Å². The average molecular weight is 962 g/mol. The topological polar surface area (TPSA) is 215 Å². The molecule has 8 heterocycles. The van der Waals surface area contributed by atoms with Gasteiger partial charge in [-0.2, -0.15) is 10.2 Å². The first-order valence-corrected chi connectivity index (χ1v) is 24.0. The van der Waals surface area contributed by atoms with Gasteiger partial charge in [0.25, 0.3) is 11.8 Å². The lowest BCUT2D eigenvalue weighted by Crippen LogP contribution is -2.51. The first-order valence-electron chi connectivity index (χ1n) is 23.6. The lowest BCUT2D eigenvalue weighted by Gasteiger charge is -2.37. The Morgan fingerprint density at radius 3 is 1.55 bits per heavy atom. The molecule has 4 aliphatic heterocycles. The minimum Gasteiger partial charge on any atom is -0.390 e. The Hall–Kier alpha value is -6.47. The van der Waals surface area contributed by atoms with E-state index in [-0.39, 0.29) is 47.9 Å². The number of anilines is 3. The van der Waals surface area contributed by atoms with Crippen LogP contribution in [0.1, 0.15) is 119 Å². The predicted molar refractivity (Wildman–Crippen MR) is 264 cm³/mol. The van der Waals surface area contributed by atoms with Crippen molar-refractivity contribution in [3.05, 3.63) is 111 Å². The zero-order chi connectivity index (χ0) is 49.1. The number of aliphatic hydroxyl groups is 2. The van der Waals surface area contributed by atoms with Crippen LogP contribution in [-0.2, 0) is 9.59 Å². The van der Waals surface area contributed by atoms with Crippen LogP contribution < -0.4 is 20.9 Å². The van der Waals surface area contributed by atoms with Crippen LogP contribution in [0.2, 0.25) is 5.15 Å². The Kier molecular flexibility index (Phi) is 14.9. The number of likely N-dealkylation sites (tertiary alicyclic amines) is 2. The maximum Gasteiger partial charge on any atom is 0.256 e. The van der Waals surface area contributed by atoms with E-state index in [0.717, 1.165) is 96.7 Å². The Balaban J connectivity index is 0.000000170. The fourth-order valence-corrected chi connectivity index (χ4v) is 9.25. The van der Waals surface area contributed by atoms with Crippen molar-refractivity contribution < 1.29 is 29.4 Å². The predicted octanol–water partition coefficient (Wildman–Crippen LogP) is 6.13. The highest BCUT2D eigenvalue weighted by molar-refractivity contribution is 6.30. The molecule has 4 amide bonds. The van der Waals surface area contributed by atoms with Crippen molar-refractivity contribution in [3.63, 3.8) is 0 Å². The van der Waals surface area contributed by atoms with Gasteiger partial charge in [0.05, 0.1) is 58.2 Å². The standard InChI is InChI=1S/C25H30N6O3.C22H24ClN5O2.C3H7NO/c1-15-7-8-20(26-17(3)32)19(10-15)25(34)30-9-5-4-6-22(30)21-11-23-27-24(29-13-18(33)14-29)16(2)12-31(23)28-21;1-13-7-8-17(24-15(3)29)16(10-13)22(30)27-9-5-4-6-19(27)18-11-20-25-21(23)14(2)12-28(20)26-18;5-3-1-4-2-3/h7-8,10-12,18,22,33H,4-6,9,13-14H2,1-3H3,(H,26,32);7-8,10-12,19H,4-6,9H2,1-3H3,(H,24,29);3-5H,1-2H2/t22-;19-;/m00./s1. The quantitative estimate of drug-likeness (QED) is 0.114. The minimum atomic E-state index is -0.302. The number of β-amino-alcohol motifs (C(OH)–C–C–N with tert-alkyl or cyclic N) is 2. The molecule has 69 heavy (non-hydrogen) atoms. The van der Waals surface area contributed by atoms with Crippen molar-refractivity contribution in [1.29, 1.82) is 0 Å². The molecule has 0 radical (unpaired) electrons. The van der Waals surface area contributed by atoms with Gasteiger partial charge >= 0.3 is 0 Å². The number of aromatic nitrogens is 6. The molecule has 4 fully saturated rings. The van der Waals surface area contributed by atoms with Crippen molar-refractivity contribution >= 4 is 63.7 Å². The molecular formula is C50H61ClN12O6. The number of carbonyl (C=O) groups is 4. The van der Waals surface area contributed by atoms with E-state index in [9.17, 15) is 24.3 Å². The van der Waals surface area contributed by atoms with Crippen molar-refractivity contribution in [3.8, 4) is 0 Å². The summed E-state index contributed by atoms with van der Waals surface area (Å²) in [6.07, 6.45) is 8.98. The van der Waals surface area contributed by atoms with E-state index >= 15 is 0 Å². The van der Waals surface area contributed by atoms with E-state index in [1.165, 1.54) is 13.8 Å². The van der Waals surface area contributed by atoms with Gasteiger partial charge in [-0.15, -0.1) is 0 Å². The van der Waals surface area contributed by atoms with Crippen LogP contribution in [0.25, 0.3) is 11.3 Å². The summed E-state index contributed by atoms with van der Waals surface area (Å²) in [5, 5.41) is 36.5. The number of piperidine rings is 2. The van der Waals surface area contributed by atoms with Crippen molar-refractivity contribution in [1.82, 2.24) is 44.3 Å². The number of fused-ring (bicyclic) bond motifs is 2. The molecule has 5 N–H and O–H groups in total. The molecule has 0 bridgehead atoms. The summed E-state index contributed by atoms with van der Waals surface area (Å²) in [5.41, 5.74) is 8.81. The lowest BCUT2D eigenvalue weighted by molar-refractivity contribution is -0.115. The summed E-state index contributed by atoms with van der Waals surface area (Å²) >= 11 is 6.16. The van der Waals surface area contributed by atoms with Crippen LogP contribution >= 0.6 is 11.6 Å². The summed E-state index contributed by atoms with van der Waals surface area (Å²) in [7, 11) is 0. The third-order valence-corrected chi connectivity index (χ3v) is 13.2. The van der Waals surface area contributed by atoms with Crippen LogP contribution in [0, 0.1) is 27.7 Å². The van der Waals surface area contributed by atoms with E-state index in [1.54, 1.807) is 21.2 Å². The summed E-state index contributed by atoms with van der Waals surface area (Å²) in [4.78, 5) is 65.6. The molecule has 2 aromatic carbocycles. The number of hydrogen-bond donors (Lipinski definition) is 5. The number of amides is 4. The van der Waals surface area contributed by atoms with Gasteiger partial charge in [0.15, 0.2) is 11.3 Å². The van der Waals surface area contributed by atoms with Gasteiger partial charge in [-0.1, -0.05) is 34.9 Å². The molecule has 0 aliphatic carbocycles. The van der Waals surface area contributed by atoms with Crippen LogP contribution in [0.4, 0.5) is 17.2 Å². The third-order valence-electron chi connectivity index (χ3n) is 12.8. The fourth-order valence-electron chi connectivity index (χ4n) is 9.11. The summed E-state index contributed by atoms with van der Waals surface area (Å²) in [6, 6.07) is 14.5. The minimum absolute atomic E-state index is 0.0463. The third kappa shape index (κ3) is 11.2. The van der Waals surface area contributed by atoms with Crippen LogP contribution in [0.3, 0.4) is 0 Å². The number of rotatable bonds is 7. The Morgan fingerprint density at radius 2 is 1.12 bits per heavy atom. The molecule has 4 aliphatic rings. The number of benzene rings is 2. The van der Waals surface area contributed by atoms with E-state index in [0.29, 0.717) is 59.5 Å². The number of nitrogens with zero attached hydrogens (tertiary/aromatic N) is 9. The highest BCUT2D eigenvalue weighted by Gasteiger charge is 2.34. The summed E-state index contributed by atoms with van der Waals surface area (Å²) in [6.45, 7) is 14.7. The number of nitrogens with one attached hydrogen (secondary N) is 3. The average Bonchev–Trinajstić information content (AvgIpc) is 3.91. The zero-order valence-electron chi connectivity index (χ0n) is 40.0. The number of aliphatic hydroxyl groups excluding tert-OH is 2. The molecule has 0 spiro atoms.